The van der Waals surface area contributed by atoms with Crippen LogP contribution in [0.5, 0.6) is 17.2 Å². The van der Waals surface area contributed by atoms with E-state index in [-0.39, 0.29) is 12.6 Å². The molecule has 5 heteroatoms. The van der Waals surface area contributed by atoms with Crippen molar-refractivity contribution in [2.24, 2.45) is 0 Å². The zero-order valence-corrected chi connectivity index (χ0v) is 12.1. The van der Waals surface area contributed by atoms with Crippen LogP contribution >= 0.6 is 11.6 Å². The van der Waals surface area contributed by atoms with Gasteiger partial charge >= 0.3 is 0 Å². The topological polar surface area (TPSA) is 44.8 Å². The van der Waals surface area contributed by atoms with Crippen LogP contribution in [0.1, 0.15) is 17.3 Å². The van der Waals surface area contributed by atoms with Crippen LogP contribution in [0, 0.1) is 0 Å². The van der Waals surface area contributed by atoms with Gasteiger partial charge in [-0.2, -0.15) is 0 Å². The minimum atomic E-state index is -0.605. The molecule has 2 aromatic rings. The number of fused-ring (bicyclic) bond motifs is 1. The van der Waals surface area contributed by atoms with E-state index in [1.54, 1.807) is 49.4 Å². The number of benzene rings is 2. The number of ether oxygens (including phenoxy) is 3. The van der Waals surface area contributed by atoms with Crippen molar-refractivity contribution in [2.75, 3.05) is 6.79 Å². The molecule has 1 aliphatic heterocycles. The fourth-order valence-electron chi connectivity index (χ4n) is 2.06. The van der Waals surface area contributed by atoms with Crippen LogP contribution in [0.4, 0.5) is 0 Å². The summed E-state index contributed by atoms with van der Waals surface area (Å²) in [6.45, 7) is 1.92. The van der Waals surface area contributed by atoms with E-state index in [1.807, 2.05) is 0 Å². The lowest BCUT2D eigenvalue weighted by Gasteiger charge is -2.14. The molecule has 1 aliphatic rings. The highest BCUT2D eigenvalue weighted by molar-refractivity contribution is 6.30. The van der Waals surface area contributed by atoms with Crippen molar-refractivity contribution in [3.8, 4) is 17.2 Å². The molecule has 21 heavy (non-hydrogen) atoms. The summed E-state index contributed by atoms with van der Waals surface area (Å²) in [7, 11) is 0. The van der Waals surface area contributed by atoms with Crippen molar-refractivity contribution in [3.63, 3.8) is 0 Å². The van der Waals surface area contributed by atoms with Gasteiger partial charge in [0.2, 0.25) is 12.6 Å². The number of ketones is 1. The Morgan fingerprint density at radius 1 is 1.14 bits per heavy atom. The minimum absolute atomic E-state index is 0.107. The lowest BCUT2D eigenvalue weighted by Crippen LogP contribution is -2.23. The van der Waals surface area contributed by atoms with E-state index in [4.69, 9.17) is 25.8 Å². The smallest absolute Gasteiger partial charge is 0.231 e. The second kappa shape index (κ2) is 5.66. The number of halogens is 1. The average Bonchev–Trinajstić information content (AvgIpc) is 2.95. The molecule has 1 atom stereocenters. The van der Waals surface area contributed by atoms with Crippen LogP contribution in [-0.4, -0.2) is 18.7 Å². The second-order valence-corrected chi connectivity index (χ2v) is 5.08. The number of hydrogen-bond acceptors (Lipinski definition) is 4. The van der Waals surface area contributed by atoms with Crippen LogP contribution in [0.3, 0.4) is 0 Å². The quantitative estimate of drug-likeness (QED) is 0.808. The van der Waals surface area contributed by atoms with E-state index >= 15 is 0 Å². The Balaban J connectivity index is 1.72. The van der Waals surface area contributed by atoms with Crippen molar-refractivity contribution in [3.05, 3.63) is 53.1 Å². The molecule has 108 valence electrons. The van der Waals surface area contributed by atoms with E-state index in [1.165, 1.54) is 0 Å². The largest absolute Gasteiger partial charge is 0.482 e. The monoisotopic (exact) mass is 304 g/mol. The molecule has 1 unspecified atom stereocenters. The predicted molar refractivity (Wildman–Crippen MR) is 78.4 cm³/mol. The Kier molecular flexibility index (Phi) is 3.71. The third kappa shape index (κ3) is 2.95. The van der Waals surface area contributed by atoms with Gasteiger partial charge in [0.25, 0.3) is 0 Å². The fraction of sp³-hybridized carbons (Fsp3) is 0.188. The maximum Gasteiger partial charge on any atom is 0.231 e. The first kappa shape index (κ1) is 13.8. The number of rotatable bonds is 4. The van der Waals surface area contributed by atoms with Gasteiger partial charge in [0.05, 0.1) is 0 Å². The Hall–Kier alpha value is -2.20. The van der Waals surface area contributed by atoms with Gasteiger partial charge in [0.15, 0.2) is 17.6 Å². The van der Waals surface area contributed by atoms with Crippen molar-refractivity contribution in [1.82, 2.24) is 0 Å². The minimum Gasteiger partial charge on any atom is -0.482 e. The molecule has 1 heterocycles. The second-order valence-electron chi connectivity index (χ2n) is 4.65. The van der Waals surface area contributed by atoms with Gasteiger partial charge in [0, 0.05) is 16.7 Å². The van der Waals surface area contributed by atoms with Gasteiger partial charge in [-0.15, -0.1) is 0 Å². The van der Waals surface area contributed by atoms with Gasteiger partial charge in [-0.25, -0.2) is 0 Å². The molecular formula is C16H13ClO4. The average molecular weight is 305 g/mol. The highest BCUT2D eigenvalue weighted by Gasteiger charge is 2.19. The van der Waals surface area contributed by atoms with Crippen molar-refractivity contribution < 1.29 is 19.0 Å². The summed E-state index contributed by atoms with van der Waals surface area (Å²) in [5, 5.41) is 0.593. The third-order valence-corrected chi connectivity index (χ3v) is 3.41. The normalized spacial score (nSPS) is 13.8. The van der Waals surface area contributed by atoms with Crippen molar-refractivity contribution >= 4 is 17.4 Å². The van der Waals surface area contributed by atoms with Crippen LogP contribution in [0.15, 0.2) is 42.5 Å². The number of carbonyl (C=O) groups is 1. The van der Waals surface area contributed by atoms with Crippen molar-refractivity contribution in [1.29, 1.82) is 0 Å². The van der Waals surface area contributed by atoms with E-state index in [0.29, 0.717) is 27.8 Å². The molecule has 4 nitrogen and oxygen atoms in total. The Morgan fingerprint density at radius 3 is 2.62 bits per heavy atom. The van der Waals surface area contributed by atoms with Crippen LogP contribution < -0.4 is 14.2 Å². The Morgan fingerprint density at radius 2 is 1.86 bits per heavy atom. The van der Waals surface area contributed by atoms with Gasteiger partial charge in [0.1, 0.15) is 5.75 Å². The van der Waals surface area contributed by atoms with Crippen LogP contribution in [-0.2, 0) is 0 Å². The lowest BCUT2D eigenvalue weighted by molar-refractivity contribution is 0.0817. The lowest BCUT2D eigenvalue weighted by atomic mass is 10.1. The molecule has 2 aromatic carbocycles. The van der Waals surface area contributed by atoms with E-state index < -0.39 is 6.10 Å². The summed E-state index contributed by atoms with van der Waals surface area (Å²) in [5.74, 6) is 1.76. The van der Waals surface area contributed by atoms with E-state index in [0.717, 1.165) is 0 Å². The molecule has 0 fully saturated rings. The van der Waals surface area contributed by atoms with E-state index in [2.05, 4.69) is 0 Å². The molecule has 0 N–H and O–H groups in total. The summed E-state index contributed by atoms with van der Waals surface area (Å²) < 4.78 is 16.2. The number of Topliss-reactive ketones (excluding diaryl/α,β-unsaturated/α-hetero) is 1. The molecule has 3 rings (SSSR count). The van der Waals surface area contributed by atoms with Gasteiger partial charge < -0.3 is 14.2 Å². The summed E-state index contributed by atoms with van der Waals surface area (Å²) in [4.78, 5) is 12.3. The zero-order chi connectivity index (χ0) is 14.8. The molecule has 0 bridgehead atoms. The maximum atomic E-state index is 12.3. The molecule has 0 aromatic heterocycles. The molecule has 0 spiro atoms. The van der Waals surface area contributed by atoms with Crippen LogP contribution in [0.2, 0.25) is 5.02 Å². The number of hydrogen-bond donors (Lipinski definition) is 0. The number of carbonyl (C=O) groups excluding carboxylic acids is 1. The van der Waals surface area contributed by atoms with Gasteiger partial charge in [-0.05, 0) is 43.3 Å². The first-order valence-corrected chi connectivity index (χ1v) is 6.87. The SMILES string of the molecule is CC(Oc1ccc2c(c1)OCO2)C(=O)c1ccc(Cl)cc1. The van der Waals surface area contributed by atoms with Gasteiger partial charge in [-0.1, -0.05) is 11.6 Å². The molecular weight excluding hydrogens is 292 g/mol. The van der Waals surface area contributed by atoms with Crippen LogP contribution in [0.25, 0.3) is 0 Å². The molecule has 0 saturated carbocycles. The predicted octanol–water partition coefficient (Wildman–Crippen LogP) is 3.72. The molecule has 0 radical (unpaired) electrons. The maximum absolute atomic E-state index is 12.3. The molecule has 0 aliphatic carbocycles. The highest BCUT2D eigenvalue weighted by atomic mass is 35.5. The van der Waals surface area contributed by atoms with Crippen molar-refractivity contribution in [2.45, 2.75) is 13.0 Å². The summed E-state index contributed by atoms with van der Waals surface area (Å²) in [5.41, 5.74) is 0.563. The molecule has 0 amide bonds. The fourth-order valence-corrected chi connectivity index (χ4v) is 2.18. The highest BCUT2D eigenvalue weighted by Crippen LogP contribution is 2.35. The zero-order valence-electron chi connectivity index (χ0n) is 11.3. The first-order valence-electron chi connectivity index (χ1n) is 6.49. The third-order valence-electron chi connectivity index (χ3n) is 3.15. The summed E-state index contributed by atoms with van der Waals surface area (Å²) >= 11 is 5.81. The summed E-state index contributed by atoms with van der Waals surface area (Å²) in [6.07, 6.45) is -0.605. The Bertz CT molecular complexity index is 666. The van der Waals surface area contributed by atoms with E-state index in [9.17, 15) is 4.79 Å². The Labute approximate surface area is 127 Å². The standard InChI is InChI=1S/C16H13ClO4/c1-10(16(18)11-2-4-12(17)5-3-11)21-13-6-7-14-15(8-13)20-9-19-14/h2-8,10H,9H2,1H3. The van der Waals surface area contributed by atoms with Gasteiger partial charge in [-0.3, -0.25) is 4.79 Å². The summed E-state index contributed by atoms with van der Waals surface area (Å²) in [6, 6.07) is 12.0. The molecule has 0 saturated heterocycles. The first-order chi connectivity index (χ1) is 10.1.